The monoisotopic (exact) mass is 305 g/mol. The summed E-state index contributed by atoms with van der Waals surface area (Å²) in [5.74, 6) is -0.139. The molecule has 2 aromatic rings. The molecule has 1 amide bonds. The van der Waals surface area contributed by atoms with Crippen molar-refractivity contribution in [1.82, 2.24) is 9.88 Å². The van der Waals surface area contributed by atoms with Crippen LogP contribution in [-0.2, 0) is 0 Å². The fourth-order valence-electron chi connectivity index (χ4n) is 2.19. The van der Waals surface area contributed by atoms with E-state index >= 15 is 0 Å². The van der Waals surface area contributed by atoms with Crippen LogP contribution in [0.2, 0.25) is 5.02 Å². The molecule has 1 unspecified atom stereocenters. The molecule has 0 aliphatic heterocycles. The number of nitrogens with zero attached hydrogens (tertiary/aromatic N) is 1. The van der Waals surface area contributed by atoms with Crippen LogP contribution in [0.25, 0.3) is 0 Å². The molecule has 0 radical (unpaired) electrons. The first-order valence-corrected chi connectivity index (χ1v) is 7.30. The molecule has 1 aromatic heterocycles. The molecule has 112 valence electrons. The Kier molecular flexibility index (Phi) is 4.58. The molecule has 1 atom stereocenters. The maximum Gasteiger partial charge on any atom is 0.268 e. The van der Waals surface area contributed by atoms with E-state index in [0.29, 0.717) is 16.4 Å². The molecule has 1 heterocycles. The van der Waals surface area contributed by atoms with Crippen molar-refractivity contribution in [1.29, 1.82) is 0 Å². The van der Waals surface area contributed by atoms with E-state index in [9.17, 15) is 4.79 Å². The molecular weight excluding hydrogens is 286 g/mol. The number of carbonyl (C=O) groups excluding carboxylic acids is 1. The molecule has 0 bridgehead atoms. The number of rotatable bonds is 4. The maximum atomic E-state index is 12.4. The number of nitrogen functional groups attached to an aromatic ring is 1. The first-order valence-electron chi connectivity index (χ1n) is 6.92. The van der Waals surface area contributed by atoms with Crippen molar-refractivity contribution in [3.05, 3.63) is 52.8 Å². The SMILES string of the molecule is CC(NC(=O)c1cc(Cl)cn1C(C)C)c1ccc(N)cc1. The Morgan fingerprint density at radius 1 is 1.24 bits per heavy atom. The van der Waals surface area contributed by atoms with Gasteiger partial charge in [-0.05, 0) is 44.5 Å². The highest BCUT2D eigenvalue weighted by atomic mass is 35.5. The van der Waals surface area contributed by atoms with Gasteiger partial charge in [0.2, 0.25) is 0 Å². The van der Waals surface area contributed by atoms with E-state index in [4.69, 9.17) is 17.3 Å². The predicted molar refractivity (Wildman–Crippen MR) is 86.6 cm³/mol. The van der Waals surface area contributed by atoms with Crippen molar-refractivity contribution in [2.45, 2.75) is 32.9 Å². The van der Waals surface area contributed by atoms with Gasteiger partial charge in [-0.25, -0.2) is 0 Å². The van der Waals surface area contributed by atoms with E-state index in [-0.39, 0.29) is 18.0 Å². The zero-order chi connectivity index (χ0) is 15.6. The second-order valence-corrected chi connectivity index (χ2v) is 5.84. The normalized spacial score (nSPS) is 12.4. The lowest BCUT2D eigenvalue weighted by Crippen LogP contribution is -2.28. The number of hydrogen-bond donors (Lipinski definition) is 2. The highest BCUT2D eigenvalue weighted by molar-refractivity contribution is 6.31. The second-order valence-electron chi connectivity index (χ2n) is 5.41. The fraction of sp³-hybridized carbons (Fsp3) is 0.312. The van der Waals surface area contributed by atoms with Crippen LogP contribution >= 0.6 is 11.6 Å². The first kappa shape index (κ1) is 15.4. The summed E-state index contributed by atoms with van der Waals surface area (Å²) in [4.78, 5) is 12.4. The zero-order valence-corrected chi connectivity index (χ0v) is 13.2. The Labute approximate surface area is 129 Å². The van der Waals surface area contributed by atoms with Crippen LogP contribution < -0.4 is 11.1 Å². The molecule has 0 spiro atoms. The smallest absolute Gasteiger partial charge is 0.268 e. The number of benzene rings is 1. The lowest BCUT2D eigenvalue weighted by molar-refractivity contribution is 0.0929. The Morgan fingerprint density at radius 2 is 1.86 bits per heavy atom. The standard InChI is InChI=1S/C16H20ClN3O/c1-10(2)20-9-13(17)8-15(20)16(21)19-11(3)12-4-6-14(18)7-5-12/h4-11H,18H2,1-3H3,(H,19,21). The van der Waals surface area contributed by atoms with Crippen LogP contribution in [0.1, 0.15) is 48.9 Å². The van der Waals surface area contributed by atoms with Crippen molar-refractivity contribution < 1.29 is 4.79 Å². The van der Waals surface area contributed by atoms with Gasteiger partial charge in [-0.15, -0.1) is 0 Å². The molecule has 1 aromatic carbocycles. The third-order valence-electron chi connectivity index (χ3n) is 3.39. The van der Waals surface area contributed by atoms with Crippen LogP contribution in [0, 0.1) is 0 Å². The number of nitrogens with one attached hydrogen (secondary N) is 1. The number of amides is 1. The topological polar surface area (TPSA) is 60.0 Å². The molecule has 5 heteroatoms. The summed E-state index contributed by atoms with van der Waals surface area (Å²) in [6, 6.07) is 9.23. The number of carbonyl (C=O) groups is 1. The Balaban J connectivity index is 2.16. The highest BCUT2D eigenvalue weighted by Gasteiger charge is 2.17. The van der Waals surface area contributed by atoms with Gasteiger partial charge >= 0.3 is 0 Å². The molecule has 0 saturated carbocycles. The van der Waals surface area contributed by atoms with Gasteiger partial charge in [0, 0.05) is 17.9 Å². The van der Waals surface area contributed by atoms with Gasteiger partial charge in [-0.1, -0.05) is 23.7 Å². The Bertz CT molecular complexity index is 631. The number of aromatic nitrogens is 1. The van der Waals surface area contributed by atoms with Crippen molar-refractivity contribution in [3.63, 3.8) is 0 Å². The number of nitrogens with two attached hydrogens (primary N) is 1. The lowest BCUT2D eigenvalue weighted by Gasteiger charge is -2.17. The quantitative estimate of drug-likeness (QED) is 0.844. The summed E-state index contributed by atoms with van der Waals surface area (Å²) >= 11 is 6.01. The third-order valence-corrected chi connectivity index (χ3v) is 3.59. The van der Waals surface area contributed by atoms with Gasteiger partial charge in [-0.2, -0.15) is 0 Å². The average Bonchev–Trinajstić information content (AvgIpc) is 2.82. The molecule has 2 rings (SSSR count). The van der Waals surface area contributed by atoms with Gasteiger partial charge in [0.05, 0.1) is 11.1 Å². The first-order chi connectivity index (χ1) is 9.88. The molecule has 21 heavy (non-hydrogen) atoms. The van der Waals surface area contributed by atoms with Gasteiger partial charge < -0.3 is 15.6 Å². The number of halogens is 1. The highest BCUT2D eigenvalue weighted by Crippen LogP contribution is 2.20. The summed E-state index contributed by atoms with van der Waals surface area (Å²) in [7, 11) is 0. The van der Waals surface area contributed by atoms with Crippen LogP contribution in [0.3, 0.4) is 0 Å². The summed E-state index contributed by atoms with van der Waals surface area (Å²) in [5.41, 5.74) is 7.95. The summed E-state index contributed by atoms with van der Waals surface area (Å²) in [6.07, 6.45) is 1.77. The number of anilines is 1. The minimum Gasteiger partial charge on any atom is -0.399 e. The van der Waals surface area contributed by atoms with E-state index in [1.807, 2.05) is 49.6 Å². The van der Waals surface area contributed by atoms with Crippen LogP contribution in [-0.4, -0.2) is 10.5 Å². The molecule has 0 aliphatic rings. The van der Waals surface area contributed by atoms with Crippen LogP contribution in [0.4, 0.5) is 5.69 Å². The van der Waals surface area contributed by atoms with Crippen LogP contribution in [0.5, 0.6) is 0 Å². The summed E-state index contributed by atoms with van der Waals surface area (Å²) in [5, 5.41) is 3.55. The lowest BCUT2D eigenvalue weighted by atomic mass is 10.1. The minimum atomic E-state index is -0.139. The molecule has 3 N–H and O–H groups in total. The van der Waals surface area contributed by atoms with Gasteiger partial charge in [-0.3, -0.25) is 4.79 Å². The molecular formula is C16H20ClN3O. The van der Waals surface area contributed by atoms with E-state index in [0.717, 1.165) is 5.56 Å². The van der Waals surface area contributed by atoms with Crippen molar-refractivity contribution >= 4 is 23.2 Å². The molecule has 4 nitrogen and oxygen atoms in total. The summed E-state index contributed by atoms with van der Waals surface area (Å²) in [6.45, 7) is 5.96. The van der Waals surface area contributed by atoms with Crippen molar-refractivity contribution in [3.8, 4) is 0 Å². The van der Waals surface area contributed by atoms with Crippen molar-refractivity contribution in [2.24, 2.45) is 0 Å². The van der Waals surface area contributed by atoms with Crippen molar-refractivity contribution in [2.75, 3.05) is 5.73 Å². The van der Waals surface area contributed by atoms with E-state index in [1.165, 1.54) is 0 Å². The number of hydrogen-bond acceptors (Lipinski definition) is 2. The maximum absolute atomic E-state index is 12.4. The Hall–Kier alpha value is -1.94. The molecule has 0 saturated heterocycles. The second kappa shape index (κ2) is 6.22. The zero-order valence-electron chi connectivity index (χ0n) is 12.4. The third kappa shape index (κ3) is 3.58. The van der Waals surface area contributed by atoms with Gasteiger partial charge in [0.15, 0.2) is 0 Å². The van der Waals surface area contributed by atoms with E-state index < -0.39 is 0 Å². The largest absolute Gasteiger partial charge is 0.399 e. The van der Waals surface area contributed by atoms with Gasteiger partial charge in [0.25, 0.3) is 5.91 Å². The fourth-order valence-corrected chi connectivity index (χ4v) is 2.40. The van der Waals surface area contributed by atoms with Gasteiger partial charge in [0.1, 0.15) is 5.69 Å². The van der Waals surface area contributed by atoms with E-state index in [1.54, 1.807) is 12.3 Å². The minimum absolute atomic E-state index is 0.104. The summed E-state index contributed by atoms with van der Waals surface area (Å²) < 4.78 is 1.87. The van der Waals surface area contributed by atoms with E-state index in [2.05, 4.69) is 5.32 Å². The average molecular weight is 306 g/mol. The van der Waals surface area contributed by atoms with Crippen LogP contribution in [0.15, 0.2) is 36.5 Å². The molecule has 0 aliphatic carbocycles. The Morgan fingerprint density at radius 3 is 2.43 bits per heavy atom. The molecule has 0 fully saturated rings. The predicted octanol–water partition coefficient (Wildman–Crippen LogP) is 3.80.